The van der Waals surface area contributed by atoms with Crippen LogP contribution < -0.4 is 10.6 Å². The highest BCUT2D eigenvalue weighted by atomic mass is 35.5. The van der Waals surface area contributed by atoms with E-state index >= 15 is 0 Å². The van der Waals surface area contributed by atoms with Gasteiger partial charge < -0.3 is 0 Å². The van der Waals surface area contributed by atoms with Gasteiger partial charge in [-0.25, -0.2) is 0 Å². The molecule has 23 heavy (non-hydrogen) atoms. The highest BCUT2D eigenvalue weighted by molar-refractivity contribution is 7.88. The Morgan fingerprint density at radius 3 is 1.74 bits per heavy atom. The van der Waals surface area contributed by atoms with Crippen LogP contribution >= 0.6 is 31.1 Å². The Morgan fingerprint density at radius 1 is 0.739 bits per heavy atom. The summed E-state index contributed by atoms with van der Waals surface area (Å²) in [4.78, 5) is 13.2. The quantitative estimate of drug-likeness (QED) is 0.581. The number of rotatable bonds is 4. The summed E-state index contributed by atoms with van der Waals surface area (Å²) >= 11 is 12.2. The molecule has 0 N–H and O–H groups in total. The first-order valence-electron chi connectivity index (χ1n) is 7.06. The molecule has 0 radical (unpaired) electrons. The van der Waals surface area contributed by atoms with Crippen LogP contribution in [0.25, 0.3) is 0 Å². The summed E-state index contributed by atoms with van der Waals surface area (Å²) in [6.07, 6.45) is 0. The Morgan fingerprint density at radius 2 is 1.26 bits per heavy atom. The molecule has 3 aromatic carbocycles. The predicted molar refractivity (Wildman–Crippen MR) is 99.9 cm³/mol. The van der Waals surface area contributed by atoms with E-state index in [2.05, 4.69) is 0 Å². The molecule has 0 amide bonds. The van der Waals surface area contributed by atoms with E-state index in [0.29, 0.717) is 15.6 Å². The van der Waals surface area contributed by atoms with Gasteiger partial charge in [-0.1, -0.05) is 83.9 Å². The molecule has 1 nitrogen and oxygen atoms in total. The van der Waals surface area contributed by atoms with E-state index in [1.165, 1.54) is 0 Å². The van der Waals surface area contributed by atoms with Crippen LogP contribution in [0.1, 0.15) is 10.4 Å². The fourth-order valence-electron chi connectivity index (χ4n) is 2.32. The van der Waals surface area contributed by atoms with Gasteiger partial charge in [0.2, 0.25) is 0 Å². The molecule has 4 heteroatoms. The van der Waals surface area contributed by atoms with Gasteiger partial charge in [-0.05, 0) is 28.8 Å². The van der Waals surface area contributed by atoms with Crippen LogP contribution in [0.3, 0.4) is 0 Å². The van der Waals surface area contributed by atoms with E-state index in [-0.39, 0.29) is 5.52 Å². The summed E-state index contributed by atoms with van der Waals surface area (Å²) in [5.74, 6) is 0. The van der Waals surface area contributed by atoms with Gasteiger partial charge in [-0.2, -0.15) is 0 Å². The zero-order chi connectivity index (χ0) is 16.2. The van der Waals surface area contributed by atoms with Gasteiger partial charge in [0.25, 0.3) is 0 Å². The Kier molecular flexibility index (Phi) is 5.13. The zero-order valence-corrected chi connectivity index (χ0v) is 14.5. The Labute approximate surface area is 146 Å². The van der Waals surface area contributed by atoms with Gasteiger partial charge in [0.05, 0.1) is 5.02 Å². The van der Waals surface area contributed by atoms with Crippen molar-refractivity contribution < 1.29 is 4.79 Å². The van der Waals surface area contributed by atoms with Crippen LogP contribution in [0, 0.1) is 0 Å². The standard InChI is InChI=1S/C19H13Cl2OP/c20-14-11-12-17(18(21)13-14)19(22)23(15-7-3-1-4-8-15)16-9-5-2-6-10-16/h1-13H. The lowest BCUT2D eigenvalue weighted by Crippen LogP contribution is -2.18. The van der Waals surface area contributed by atoms with Gasteiger partial charge in [0.15, 0.2) is 5.52 Å². The molecule has 0 heterocycles. The van der Waals surface area contributed by atoms with Gasteiger partial charge in [0.1, 0.15) is 0 Å². The second kappa shape index (κ2) is 7.27. The maximum atomic E-state index is 13.2. The summed E-state index contributed by atoms with van der Waals surface area (Å²) < 4.78 is 0. The van der Waals surface area contributed by atoms with Crippen LogP contribution in [0.2, 0.25) is 10.0 Å². The van der Waals surface area contributed by atoms with Crippen LogP contribution in [0.5, 0.6) is 0 Å². The topological polar surface area (TPSA) is 17.1 Å². The minimum absolute atomic E-state index is 0.0269. The molecular formula is C19H13Cl2OP. The third-order valence-corrected chi connectivity index (χ3v) is 6.22. The van der Waals surface area contributed by atoms with Gasteiger partial charge >= 0.3 is 0 Å². The van der Waals surface area contributed by atoms with E-state index in [9.17, 15) is 4.79 Å². The minimum atomic E-state index is -1.18. The van der Waals surface area contributed by atoms with Crippen LogP contribution in [0.15, 0.2) is 78.9 Å². The van der Waals surface area contributed by atoms with E-state index in [1.807, 2.05) is 60.7 Å². The highest BCUT2D eigenvalue weighted by Crippen LogP contribution is 2.39. The molecule has 3 aromatic rings. The first-order valence-corrected chi connectivity index (χ1v) is 9.16. The fraction of sp³-hybridized carbons (Fsp3) is 0. The van der Waals surface area contributed by atoms with Crippen molar-refractivity contribution >= 4 is 47.3 Å². The Bertz CT molecular complexity index is 780. The number of carbonyl (C=O) groups excluding carboxylic acids is 1. The van der Waals surface area contributed by atoms with E-state index < -0.39 is 7.92 Å². The number of hydrogen-bond acceptors (Lipinski definition) is 1. The van der Waals surface area contributed by atoms with Gasteiger partial charge in [-0.15, -0.1) is 0 Å². The van der Waals surface area contributed by atoms with E-state index in [4.69, 9.17) is 23.2 Å². The summed E-state index contributed by atoms with van der Waals surface area (Å²) in [6, 6.07) is 24.6. The van der Waals surface area contributed by atoms with Crippen molar-refractivity contribution in [3.63, 3.8) is 0 Å². The minimum Gasteiger partial charge on any atom is -0.288 e. The van der Waals surface area contributed by atoms with Gasteiger partial charge in [0, 0.05) is 18.5 Å². The molecule has 0 fully saturated rings. The molecule has 0 aromatic heterocycles. The summed E-state index contributed by atoms with van der Waals surface area (Å²) in [5, 5.41) is 2.92. The summed E-state index contributed by atoms with van der Waals surface area (Å²) in [7, 11) is -1.18. The zero-order valence-electron chi connectivity index (χ0n) is 12.1. The maximum absolute atomic E-state index is 13.2. The van der Waals surface area contributed by atoms with Crippen molar-refractivity contribution in [2.45, 2.75) is 0 Å². The van der Waals surface area contributed by atoms with E-state index in [0.717, 1.165) is 10.6 Å². The third kappa shape index (κ3) is 3.64. The van der Waals surface area contributed by atoms with Crippen LogP contribution in [0.4, 0.5) is 0 Å². The number of carbonyl (C=O) groups is 1. The second-order valence-corrected chi connectivity index (χ2v) is 7.89. The number of hydrogen-bond donors (Lipinski definition) is 0. The maximum Gasteiger partial charge on any atom is 0.194 e. The van der Waals surface area contributed by atoms with Crippen LogP contribution in [-0.2, 0) is 0 Å². The van der Waals surface area contributed by atoms with Gasteiger partial charge in [-0.3, -0.25) is 4.79 Å². The van der Waals surface area contributed by atoms with Crippen molar-refractivity contribution in [3.05, 3.63) is 94.5 Å². The largest absolute Gasteiger partial charge is 0.288 e. The first-order chi connectivity index (χ1) is 11.2. The molecule has 3 rings (SSSR count). The molecule has 0 aliphatic rings. The Balaban J connectivity index is 2.10. The van der Waals surface area contributed by atoms with Crippen molar-refractivity contribution in [1.82, 2.24) is 0 Å². The van der Waals surface area contributed by atoms with Crippen molar-refractivity contribution in [2.75, 3.05) is 0 Å². The third-order valence-electron chi connectivity index (χ3n) is 3.39. The average molecular weight is 359 g/mol. The average Bonchev–Trinajstić information content (AvgIpc) is 2.57. The molecule has 0 aliphatic carbocycles. The lowest BCUT2D eigenvalue weighted by atomic mass is 10.2. The lowest BCUT2D eigenvalue weighted by molar-refractivity contribution is 0.108. The molecule has 0 atom stereocenters. The normalized spacial score (nSPS) is 10.7. The SMILES string of the molecule is O=C(c1ccc(Cl)cc1Cl)P(c1ccccc1)c1ccccc1. The first kappa shape index (κ1) is 16.2. The highest BCUT2D eigenvalue weighted by Gasteiger charge is 2.25. The number of benzene rings is 3. The predicted octanol–water partition coefficient (Wildman–Crippen LogP) is 5.27. The molecule has 114 valence electrons. The summed E-state index contributed by atoms with van der Waals surface area (Å²) in [5.41, 5.74) is 0.536. The fourth-order valence-corrected chi connectivity index (χ4v) is 5.02. The second-order valence-electron chi connectivity index (χ2n) is 4.94. The van der Waals surface area contributed by atoms with Crippen LogP contribution in [-0.4, -0.2) is 5.52 Å². The van der Waals surface area contributed by atoms with Crippen molar-refractivity contribution in [2.24, 2.45) is 0 Å². The molecule has 0 aliphatic heterocycles. The molecule has 0 unspecified atom stereocenters. The number of halogens is 2. The molecule has 0 saturated heterocycles. The summed E-state index contributed by atoms with van der Waals surface area (Å²) in [6.45, 7) is 0. The molecule has 0 spiro atoms. The smallest absolute Gasteiger partial charge is 0.194 e. The van der Waals surface area contributed by atoms with Crippen molar-refractivity contribution in [3.8, 4) is 0 Å². The molecular weight excluding hydrogens is 346 g/mol. The molecule has 0 saturated carbocycles. The monoisotopic (exact) mass is 358 g/mol. The lowest BCUT2D eigenvalue weighted by Gasteiger charge is -2.18. The van der Waals surface area contributed by atoms with E-state index in [1.54, 1.807) is 18.2 Å². The molecule has 0 bridgehead atoms. The van der Waals surface area contributed by atoms with Crippen molar-refractivity contribution in [1.29, 1.82) is 0 Å². The Hall–Kier alpha value is -1.66.